The van der Waals surface area contributed by atoms with Crippen LogP contribution in [0.15, 0.2) is 18.3 Å². The number of imidazole rings is 1. The van der Waals surface area contributed by atoms with Crippen LogP contribution in [0.4, 0.5) is 16.3 Å². The number of hydrogen-bond donors (Lipinski definition) is 2. The van der Waals surface area contributed by atoms with E-state index in [1.807, 2.05) is 6.92 Å². The van der Waals surface area contributed by atoms with Gasteiger partial charge in [-0.15, -0.1) is 0 Å². The van der Waals surface area contributed by atoms with Gasteiger partial charge in [0.15, 0.2) is 22.3 Å². The summed E-state index contributed by atoms with van der Waals surface area (Å²) in [5.74, 6) is 0.390. The van der Waals surface area contributed by atoms with Gasteiger partial charge in [-0.2, -0.15) is 5.10 Å². The molecule has 0 saturated carbocycles. The molecule has 2 amide bonds. The maximum atomic E-state index is 12.9. The van der Waals surface area contributed by atoms with Gasteiger partial charge in [0.2, 0.25) is 0 Å². The van der Waals surface area contributed by atoms with Gasteiger partial charge in [0.25, 0.3) is 5.91 Å². The molecule has 3 aromatic heterocycles. The molecular weight excluding hydrogens is 476 g/mol. The molecule has 0 aliphatic carbocycles. The number of fused-ring (bicyclic) bond motifs is 1. The molecule has 0 bridgehead atoms. The van der Waals surface area contributed by atoms with Gasteiger partial charge in [0.05, 0.1) is 18.5 Å². The first-order valence-electron chi connectivity index (χ1n) is 10.8. The highest BCUT2D eigenvalue weighted by atomic mass is 35.5. The molecule has 3 N–H and O–H groups in total. The summed E-state index contributed by atoms with van der Waals surface area (Å²) in [6.07, 6.45) is 0.762. The van der Waals surface area contributed by atoms with Crippen molar-refractivity contribution in [1.29, 1.82) is 0 Å². The number of anilines is 2. The van der Waals surface area contributed by atoms with E-state index < -0.39 is 17.6 Å². The van der Waals surface area contributed by atoms with Crippen molar-refractivity contribution < 1.29 is 19.1 Å². The average Bonchev–Trinajstić information content (AvgIpc) is 3.14. The van der Waals surface area contributed by atoms with Crippen LogP contribution >= 0.6 is 11.6 Å². The first-order valence-corrected chi connectivity index (χ1v) is 11.2. The maximum Gasteiger partial charge on any atom is 0.414 e. The molecule has 188 valence electrons. The van der Waals surface area contributed by atoms with E-state index in [9.17, 15) is 9.59 Å². The van der Waals surface area contributed by atoms with Crippen molar-refractivity contribution in [2.24, 2.45) is 0 Å². The molecule has 0 saturated heterocycles. The number of ether oxygens (including phenoxy) is 2. The van der Waals surface area contributed by atoms with Crippen molar-refractivity contribution in [3.8, 4) is 0 Å². The van der Waals surface area contributed by atoms with Crippen LogP contribution in [-0.2, 0) is 16.1 Å². The number of rotatable bonds is 7. The van der Waals surface area contributed by atoms with Crippen LogP contribution in [0.2, 0.25) is 5.15 Å². The molecule has 0 aliphatic rings. The lowest BCUT2D eigenvalue weighted by Gasteiger charge is -2.24. The van der Waals surface area contributed by atoms with Crippen LogP contribution in [0, 0.1) is 6.92 Å². The number of nitrogen functional groups attached to an aromatic ring is 1. The highest BCUT2D eigenvalue weighted by Gasteiger charge is 2.25. The zero-order chi connectivity index (χ0) is 25.9. The number of halogens is 1. The predicted octanol–water partition coefficient (Wildman–Crippen LogP) is 2.77. The molecule has 35 heavy (non-hydrogen) atoms. The lowest BCUT2D eigenvalue weighted by Crippen LogP contribution is -2.37. The Hall–Kier alpha value is -3.51. The minimum absolute atomic E-state index is 0.0729. The summed E-state index contributed by atoms with van der Waals surface area (Å²) in [4.78, 5) is 39.4. The van der Waals surface area contributed by atoms with Crippen LogP contribution in [0.1, 0.15) is 49.7 Å². The van der Waals surface area contributed by atoms with E-state index in [1.54, 1.807) is 33.8 Å². The number of nitrogens with two attached hydrogens (primary N) is 1. The van der Waals surface area contributed by atoms with Crippen LogP contribution in [-0.4, -0.2) is 61.9 Å². The second kappa shape index (κ2) is 10.4. The summed E-state index contributed by atoms with van der Waals surface area (Å²) in [7, 11) is 1.53. The Morgan fingerprint density at radius 3 is 2.66 bits per heavy atom. The van der Waals surface area contributed by atoms with E-state index in [0.717, 1.165) is 5.69 Å². The Bertz CT molecular complexity index is 1220. The predicted molar refractivity (Wildman–Crippen MR) is 130 cm³/mol. The lowest BCUT2D eigenvalue weighted by molar-refractivity contribution is 0.0589. The molecular formula is C22H29ClN8O4. The quantitative estimate of drug-likeness (QED) is 0.495. The number of carbonyl (C=O) groups excluding carboxylic acids is 2. The summed E-state index contributed by atoms with van der Waals surface area (Å²) in [6.45, 7) is 9.26. The van der Waals surface area contributed by atoms with Crippen molar-refractivity contribution in [1.82, 2.24) is 29.9 Å². The molecule has 1 atom stereocenters. The molecule has 0 aliphatic heterocycles. The first kappa shape index (κ1) is 26.1. The SMILES string of the molecule is Cc1cc(N)nc(COC[C@@H](C)NC(=O)c2cnc3c(N(C)C(=O)OC(C)(C)C)cc(Cl)nn23)n1. The standard InChI is InChI=1S/C22H29ClN8O4/c1-12-7-17(24)28-18(26-12)11-34-10-13(2)27-20(32)15-9-25-19-14(8-16(23)29-31(15)19)30(6)21(33)35-22(3,4)5/h7-9,13H,10-11H2,1-6H3,(H,27,32)(H2,24,26,28)/t13-/m1/s1. The van der Waals surface area contributed by atoms with E-state index in [4.69, 9.17) is 26.8 Å². The Morgan fingerprint density at radius 2 is 2.00 bits per heavy atom. The summed E-state index contributed by atoms with van der Waals surface area (Å²) in [5.41, 5.74) is 6.53. The second-order valence-corrected chi connectivity index (χ2v) is 9.40. The van der Waals surface area contributed by atoms with Gasteiger partial charge >= 0.3 is 6.09 Å². The molecule has 0 radical (unpaired) electrons. The van der Waals surface area contributed by atoms with E-state index >= 15 is 0 Å². The molecule has 13 heteroatoms. The van der Waals surface area contributed by atoms with Gasteiger partial charge in [0, 0.05) is 30.9 Å². The fourth-order valence-electron chi connectivity index (χ4n) is 3.14. The smallest absolute Gasteiger partial charge is 0.414 e. The molecule has 3 rings (SSSR count). The van der Waals surface area contributed by atoms with E-state index in [-0.39, 0.29) is 35.7 Å². The summed E-state index contributed by atoms with van der Waals surface area (Å²) < 4.78 is 12.3. The topological polar surface area (TPSA) is 150 Å². The Balaban J connectivity index is 1.70. The Morgan fingerprint density at radius 1 is 1.29 bits per heavy atom. The van der Waals surface area contributed by atoms with Crippen LogP contribution < -0.4 is 16.0 Å². The van der Waals surface area contributed by atoms with Gasteiger partial charge in [-0.3, -0.25) is 9.69 Å². The zero-order valence-electron chi connectivity index (χ0n) is 20.5. The third kappa shape index (κ3) is 6.76. The van der Waals surface area contributed by atoms with Gasteiger partial charge < -0.3 is 20.5 Å². The number of aromatic nitrogens is 5. The maximum absolute atomic E-state index is 12.9. The molecule has 0 spiro atoms. The first-order chi connectivity index (χ1) is 16.3. The third-order valence-electron chi connectivity index (χ3n) is 4.58. The highest BCUT2D eigenvalue weighted by Crippen LogP contribution is 2.25. The van der Waals surface area contributed by atoms with Crippen molar-refractivity contribution in [2.45, 2.75) is 52.9 Å². The molecule has 0 aromatic carbocycles. The monoisotopic (exact) mass is 504 g/mol. The summed E-state index contributed by atoms with van der Waals surface area (Å²) in [6, 6.07) is 2.80. The van der Waals surface area contributed by atoms with Crippen molar-refractivity contribution in [2.75, 3.05) is 24.3 Å². The van der Waals surface area contributed by atoms with Crippen LogP contribution in [0.5, 0.6) is 0 Å². The fraction of sp³-hybridized carbons (Fsp3) is 0.455. The minimum atomic E-state index is -0.685. The van der Waals surface area contributed by atoms with Crippen molar-refractivity contribution >= 4 is 40.8 Å². The summed E-state index contributed by atoms with van der Waals surface area (Å²) >= 11 is 6.18. The fourth-order valence-corrected chi connectivity index (χ4v) is 3.32. The molecule has 0 unspecified atom stereocenters. The Kier molecular flexibility index (Phi) is 7.76. The van der Waals surface area contributed by atoms with Crippen LogP contribution in [0.3, 0.4) is 0 Å². The van der Waals surface area contributed by atoms with Crippen molar-refractivity contribution in [3.05, 3.63) is 40.7 Å². The van der Waals surface area contributed by atoms with Gasteiger partial charge in [-0.05, 0) is 34.6 Å². The Labute approximate surface area is 207 Å². The number of aryl methyl sites for hydroxylation is 1. The summed E-state index contributed by atoms with van der Waals surface area (Å²) in [5, 5.41) is 7.08. The lowest BCUT2D eigenvalue weighted by atomic mass is 10.2. The minimum Gasteiger partial charge on any atom is -0.443 e. The van der Waals surface area contributed by atoms with E-state index in [0.29, 0.717) is 17.3 Å². The zero-order valence-corrected chi connectivity index (χ0v) is 21.3. The van der Waals surface area contributed by atoms with Gasteiger partial charge in [-0.25, -0.2) is 24.3 Å². The number of nitrogens with zero attached hydrogens (tertiary/aromatic N) is 6. The van der Waals surface area contributed by atoms with Gasteiger partial charge in [-0.1, -0.05) is 11.6 Å². The molecule has 3 heterocycles. The van der Waals surface area contributed by atoms with E-state index in [2.05, 4.69) is 25.4 Å². The number of carbonyl (C=O) groups is 2. The average molecular weight is 505 g/mol. The number of amides is 2. The van der Waals surface area contributed by atoms with E-state index in [1.165, 1.54) is 28.7 Å². The van der Waals surface area contributed by atoms with Crippen molar-refractivity contribution in [3.63, 3.8) is 0 Å². The number of nitrogens with one attached hydrogen (secondary N) is 1. The molecule has 3 aromatic rings. The van der Waals surface area contributed by atoms with Crippen LogP contribution in [0.25, 0.3) is 5.65 Å². The van der Waals surface area contributed by atoms with Gasteiger partial charge in [0.1, 0.15) is 18.0 Å². The normalized spacial score (nSPS) is 12.4. The largest absolute Gasteiger partial charge is 0.443 e. The second-order valence-electron chi connectivity index (χ2n) is 9.01. The third-order valence-corrected chi connectivity index (χ3v) is 4.76. The number of hydrogen-bond acceptors (Lipinski definition) is 9. The highest BCUT2D eigenvalue weighted by molar-refractivity contribution is 6.29. The molecule has 0 fully saturated rings. The molecule has 12 nitrogen and oxygen atoms in total.